The number of hydrogen-bond acceptors (Lipinski definition) is 4. The highest BCUT2D eigenvalue weighted by Crippen LogP contribution is 2.41. The van der Waals surface area contributed by atoms with Crippen LogP contribution in [0.3, 0.4) is 0 Å². The largest absolute Gasteiger partial charge is 0.397 e. The lowest BCUT2D eigenvalue weighted by molar-refractivity contribution is 0.00134. The number of nitrogens with two attached hydrogens (primary N) is 2. The molecule has 4 nitrogen and oxygen atoms in total. The Kier molecular flexibility index (Phi) is 2.63. The molecular weight excluding hydrogens is 224 g/mol. The first-order valence-corrected chi connectivity index (χ1v) is 6.67. The molecule has 2 aliphatic rings. The van der Waals surface area contributed by atoms with Crippen LogP contribution in [0.5, 0.6) is 0 Å². The van der Waals surface area contributed by atoms with Gasteiger partial charge >= 0.3 is 0 Å². The average molecular weight is 246 g/mol. The minimum absolute atomic E-state index is 0.584. The van der Waals surface area contributed by atoms with Gasteiger partial charge < -0.3 is 21.3 Å². The molecule has 2 heterocycles. The van der Waals surface area contributed by atoms with Crippen LogP contribution in [0.1, 0.15) is 12.8 Å². The van der Waals surface area contributed by atoms with Crippen LogP contribution in [0.15, 0.2) is 18.2 Å². The number of piperidine rings is 1. The highest BCUT2D eigenvalue weighted by atomic mass is 15.2. The van der Waals surface area contributed by atoms with E-state index in [2.05, 4.69) is 22.9 Å². The van der Waals surface area contributed by atoms with Crippen LogP contribution in [0.2, 0.25) is 0 Å². The molecule has 0 atom stereocenters. The van der Waals surface area contributed by atoms with E-state index < -0.39 is 0 Å². The zero-order valence-corrected chi connectivity index (χ0v) is 11.0. The molecule has 4 N–H and O–H groups in total. The molecule has 2 saturated heterocycles. The Morgan fingerprint density at radius 2 is 1.78 bits per heavy atom. The minimum atomic E-state index is 0.584. The molecule has 1 aromatic carbocycles. The molecule has 3 rings (SSSR count). The van der Waals surface area contributed by atoms with Gasteiger partial charge in [0.05, 0.1) is 17.1 Å². The van der Waals surface area contributed by atoms with Crippen molar-refractivity contribution in [3.05, 3.63) is 18.2 Å². The summed E-state index contributed by atoms with van der Waals surface area (Å²) in [5.41, 5.74) is 15.1. The normalized spacial score (nSPS) is 23.1. The van der Waals surface area contributed by atoms with Crippen LogP contribution in [0, 0.1) is 5.41 Å². The van der Waals surface area contributed by atoms with Crippen molar-refractivity contribution in [2.45, 2.75) is 12.8 Å². The van der Waals surface area contributed by atoms with E-state index >= 15 is 0 Å². The van der Waals surface area contributed by atoms with Crippen LogP contribution in [0.25, 0.3) is 0 Å². The Labute approximate surface area is 109 Å². The maximum absolute atomic E-state index is 6.07. The third-order valence-electron chi connectivity index (χ3n) is 4.49. The minimum Gasteiger partial charge on any atom is -0.397 e. The van der Waals surface area contributed by atoms with E-state index in [-0.39, 0.29) is 0 Å². The third kappa shape index (κ3) is 1.81. The van der Waals surface area contributed by atoms with E-state index in [0.29, 0.717) is 11.1 Å². The van der Waals surface area contributed by atoms with E-state index in [1.54, 1.807) is 0 Å². The van der Waals surface area contributed by atoms with E-state index in [1.807, 2.05) is 12.1 Å². The zero-order chi connectivity index (χ0) is 12.8. The molecular formula is C14H22N4. The van der Waals surface area contributed by atoms with Crippen LogP contribution in [-0.4, -0.2) is 38.1 Å². The van der Waals surface area contributed by atoms with Crippen molar-refractivity contribution in [1.82, 2.24) is 4.90 Å². The van der Waals surface area contributed by atoms with Crippen LogP contribution in [-0.2, 0) is 0 Å². The second-order valence-electron chi connectivity index (χ2n) is 5.94. The molecule has 2 aliphatic heterocycles. The summed E-state index contributed by atoms with van der Waals surface area (Å²) in [4.78, 5) is 4.79. The van der Waals surface area contributed by atoms with Crippen molar-refractivity contribution in [1.29, 1.82) is 0 Å². The van der Waals surface area contributed by atoms with Crippen molar-refractivity contribution < 1.29 is 0 Å². The second kappa shape index (κ2) is 4.05. The Morgan fingerprint density at radius 1 is 1.11 bits per heavy atom. The van der Waals surface area contributed by atoms with E-state index in [9.17, 15) is 0 Å². The molecule has 0 radical (unpaired) electrons. The number of rotatable bonds is 1. The summed E-state index contributed by atoms with van der Waals surface area (Å²) in [6, 6.07) is 5.93. The van der Waals surface area contributed by atoms with E-state index in [4.69, 9.17) is 11.5 Å². The first kappa shape index (κ1) is 11.7. The summed E-state index contributed by atoms with van der Waals surface area (Å²) < 4.78 is 0. The Morgan fingerprint density at radius 3 is 2.39 bits per heavy atom. The van der Waals surface area contributed by atoms with Gasteiger partial charge in [-0.15, -0.1) is 0 Å². The second-order valence-corrected chi connectivity index (χ2v) is 5.94. The summed E-state index contributed by atoms with van der Waals surface area (Å²) in [6.07, 6.45) is 2.54. The predicted octanol–water partition coefficient (Wildman–Crippen LogP) is 1.38. The van der Waals surface area contributed by atoms with E-state index in [0.717, 1.165) is 24.5 Å². The lowest BCUT2D eigenvalue weighted by atomic mass is 9.72. The molecule has 0 aliphatic carbocycles. The number of likely N-dealkylation sites (tertiary alicyclic amines) is 1. The van der Waals surface area contributed by atoms with Gasteiger partial charge in [0.2, 0.25) is 0 Å². The zero-order valence-electron chi connectivity index (χ0n) is 11.0. The molecule has 0 bridgehead atoms. The topological polar surface area (TPSA) is 58.5 Å². The van der Waals surface area contributed by atoms with Crippen molar-refractivity contribution in [2.24, 2.45) is 5.41 Å². The van der Waals surface area contributed by atoms with Crippen LogP contribution in [0.4, 0.5) is 17.1 Å². The summed E-state index contributed by atoms with van der Waals surface area (Å²) in [6.45, 7) is 4.71. The van der Waals surface area contributed by atoms with Gasteiger partial charge in [-0.25, -0.2) is 0 Å². The van der Waals surface area contributed by atoms with E-state index in [1.165, 1.54) is 25.9 Å². The van der Waals surface area contributed by atoms with Gasteiger partial charge in [0, 0.05) is 26.2 Å². The molecule has 1 spiro atoms. The number of para-hydroxylation sites is 1. The fourth-order valence-corrected chi connectivity index (χ4v) is 3.48. The van der Waals surface area contributed by atoms with Crippen molar-refractivity contribution >= 4 is 17.1 Å². The van der Waals surface area contributed by atoms with Gasteiger partial charge in [-0.1, -0.05) is 6.07 Å². The van der Waals surface area contributed by atoms with Crippen molar-refractivity contribution in [2.75, 3.05) is 49.6 Å². The first-order valence-electron chi connectivity index (χ1n) is 6.67. The van der Waals surface area contributed by atoms with Gasteiger partial charge in [0.15, 0.2) is 0 Å². The van der Waals surface area contributed by atoms with Gasteiger partial charge in [0.25, 0.3) is 0 Å². The molecule has 1 aromatic rings. The van der Waals surface area contributed by atoms with Gasteiger partial charge in [0.1, 0.15) is 0 Å². The fourth-order valence-electron chi connectivity index (χ4n) is 3.48. The summed E-state index contributed by atoms with van der Waals surface area (Å²) in [5.74, 6) is 0. The average Bonchev–Trinajstić information content (AvgIpc) is 2.32. The quantitative estimate of drug-likeness (QED) is 0.735. The van der Waals surface area contributed by atoms with Gasteiger partial charge in [-0.2, -0.15) is 0 Å². The lowest BCUT2D eigenvalue weighted by Crippen LogP contribution is -2.58. The summed E-state index contributed by atoms with van der Waals surface area (Å²) in [5, 5.41) is 0. The highest BCUT2D eigenvalue weighted by Gasteiger charge is 2.43. The molecule has 0 unspecified atom stereocenters. The lowest BCUT2D eigenvalue weighted by Gasteiger charge is -2.53. The highest BCUT2D eigenvalue weighted by molar-refractivity contribution is 5.79. The molecule has 0 aromatic heterocycles. The number of nitrogens with zero attached hydrogens (tertiary/aromatic N) is 2. The number of nitrogen functional groups attached to an aromatic ring is 2. The maximum atomic E-state index is 6.07. The predicted molar refractivity (Wildman–Crippen MR) is 76.6 cm³/mol. The monoisotopic (exact) mass is 246 g/mol. The van der Waals surface area contributed by atoms with Gasteiger partial charge in [-0.05, 0) is 37.4 Å². The van der Waals surface area contributed by atoms with Crippen molar-refractivity contribution in [3.63, 3.8) is 0 Å². The summed E-state index contributed by atoms with van der Waals surface area (Å²) in [7, 11) is 2.20. The SMILES string of the molecule is CN1CC2(CCN(c3cccc(N)c3N)CC2)C1. The molecule has 18 heavy (non-hydrogen) atoms. The third-order valence-corrected chi connectivity index (χ3v) is 4.49. The van der Waals surface area contributed by atoms with Crippen LogP contribution < -0.4 is 16.4 Å². The molecule has 0 amide bonds. The molecule has 98 valence electrons. The van der Waals surface area contributed by atoms with Crippen molar-refractivity contribution in [3.8, 4) is 0 Å². The first-order chi connectivity index (χ1) is 8.60. The fraction of sp³-hybridized carbons (Fsp3) is 0.571. The molecule has 2 fully saturated rings. The molecule has 4 heteroatoms. The number of benzene rings is 1. The van der Waals surface area contributed by atoms with Crippen LogP contribution >= 0.6 is 0 Å². The Hall–Kier alpha value is -1.42. The number of anilines is 3. The Balaban J connectivity index is 1.71. The summed E-state index contributed by atoms with van der Waals surface area (Å²) >= 11 is 0. The van der Waals surface area contributed by atoms with Gasteiger partial charge in [-0.3, -0.25) is 0 Å². The number of hydrogen-bond donors (Lipinski definition) is 2. The standard InChI is InChI=1S/C14H22N4/c1-17-9-14(10-17)5-7-18(8-6-14)12-4-2-3-11(15)13(12)16/h2-4H,5-10,15-16H2,1H3. The molecule has 0 saturated carbocycles. The smallest absolute Gasteiger partial charge is 0.0785 e. The Bertz CT molecular complexity index is 441. The maximum Gasteiger partial charge on any atom is 0.0785 e.